The summed E-state index contributed by atoms with van der Waals surface area (Å²) in [6.45, 7) is 7.52. The molecule has 23 heavy (non-hydrogen) atoms. The molecular weight excluding hydrogens is 314 g/mol. The average molecular weight is 333 g/mol. The van der Waals surface area contributed by atoms with Gasteiger partial charge in [0.1, 0.15) is 5.69 Å². The van der Waals surface area contributed by atoms with Crippen LogP contribution in [0.4, 0.5) is 0 Å². The Balaban J connectivity index is 1.73. The molecule has 1 aliphatic heterocycles. The number of nitrogens with zero attached hydrogens (tertiary/aromatic N) is 4. The van der Waals surface area contributed by atoms with Crippen LogP contribution in [-0.4, -0.2) is 38.0 Å². The van der Waals surface area contributed by atoms with Crippen molar-refractivity contribution in [2.75, 3.05) is 6.54 Å². The number of nitrogens with one attached hydrogen (secondary N) is 1. The summed E-state index contributed by atoms with van der Waals surface area (Å²) in [4.78, 5) is 30.8. The maximum absolute atomic E-state index is 12.6. The molecule has 1 N–H and O–H groups in total. The monoisotopic (exact) mass is 333 g/mol. The van der Waals surface area contributed by atoms with Crippen LogP contribution < -0.4 is 5.32 Å². The summed E-state index contributed by atoms with van der Waals surface area (Å²) in [7, 11) is 0. The van der Waals surface area contributed by atoms with Gasteiger partial charge in [-0.2, -0.15) is 5.10 Å². The maximum atomic E-state index is 12.6. The lowest BCUT2D eigenvalue weighted by Gasteiger charge is -2.27. The van der Waals surface area contributed by atoms with Crippen LogP contribution in [-0.2, 0) is 24.4 Å². The molecule has 2 aromatic heterocycles. The second-order valence-electron chi connectivity index (χ2n) is 5.62. The van der Waals surface area contributed by atoms with Gasteiger partial charge in [0, 0.05) is 18.3 Å². The fourth-order valence-corrected chi connectivity index (χ4v) is 3.49. The highest BCUT2D eigenvalue weighted by Crippen LogP contribution is 2.21. The van der Waals surface area contributed by atoms with Crippen LogP contribution in [0.15, 0.2) is 6.07 Å². The number of hydrogen-bond acceptors (Lipinski definition) is 5. The first-order chi connectivity index (χ1) is 10.9. The number of aromatic nitrogens is 3. The zero-order valence-electron chi connectivity index (χ0n) is 13.4. The minimum absolute atomic E-state index is 0.0253. The molecule has 2 amide bonds. The third-order valence-electron chi connectivity index (χ3n) is 3.76. The molecule has 0 saturated heterocycles. The second-order valence-corrected chi connectivity index (χ2v) is 7.03. The van der Waals surface area contributed by atoms with E-state index in [1.165, 1.54) is 6.92 Å². The Morgan fingerprint density at radius 3 is 2.78 bits per heavy atom. The lowest BCUT2D eigenvalue weighted by atomic mass is 10.2. The first-order valence-corrected chi connectivity index (χ1v) is 8.29. The first kappa shape index (κ1) is 15.7. The number of fused-ring (bicyclic) bond motifs is 1. The van der Waals surface area contributed by atoms with Crippen molar-refractivity contribution in [2.24, 2.45) is 0 Å². The number of amides is 2. The van der Waals surface area contributed by atoms with Gasteiger partial charge >= 0.3 is 0 Å². The van der Waals surface area contributed by atoms with Crippen LogP contribution in [0.25, 0.3) is 0 Å². The van der Waals surface area contributed by atoms with Gasteiger partial charge in [-0.25, -0.2) is 4.98 Å². The molecule has 0 spiro atoms. The van der Waals surface area contributed by atoms with Crippen LogP contribution >= 0.6 is 11.3 Å². The molecule has 0 atom stereocenters. The fraction of sp³-hybridized carbons (Fsp3) is 0.467. The lowest BCUT2D eigenvalue weighted by molar-refractivity contribution is -0.119. The van der Waals surface area contributed by atoms with Gasteiger partial charge < -0.3 is 10.2 Å². The number of rotatable bonds is 3. The second kappa shape index (κ2) is 6.11. The van der Waals surface area contributed by atoms with Gasteiger partial charge in [0.25, 0.3) is 5.91 Å². The van der Waals surface area contributed by atoms with E-state index < -0.39 is 0 Å². The Hall–Kier alpha value is -2.22. The lowest BCUT2D eigenvalue weighted by Crippen LogP contribution is -2.38. The molecule has 0 unspecified atom stereocenters. The molecule has 0 saturated carbocycles. The summed E-state index contributed by atoms with van der Waals surface area (Å²) in [5.74, 6) is -0.107. The van der Waals surface area contributed by atoms with E-state index in [4.69, 9.17) is 0 Å². The van der Waals surface area contributed by atoms with E-state index in [9.17, 15) is 9.59 Å². The molecule has 0 aromatic carbocycles. The minimum Gasteiger partial charge on any atom is -0.351 e. The molecule has 3 heterocycles. The summed E-state index contributed by atoms with van der Waals surface area (Å²) in [5.41, 5.74) is 2.35. The van der Waals surface area contributed by atoms with Gasteiger partial charge in [0.05, 0.1) is 36.0 Å². The summed E-state index contributed by atoms with van der Waals surface area (Å²) < 4.78 is 1.90. The smallest absolute Gasteiger partial charge is 0.274 e. The SMILES string of the molecule is CC(=O)NCc1cc2n(n1)CCN(C(=O)c1nc(C)sc1C)C2. The summed E-state index contributed by atoms with van der Waals surface area (Å²) in [5, 5.41) is 8.11. The highest BCUT2D eigenvalue weighted by atomic mass is 32.1. The number of thiazole rings is 1. The van der Waals surface area contributed by atoms with E-state index in [2.05, 4.69) is 15.4 Å². The molecule has 122 valence electrons. The first-order valence-electron chi connectivity index (χ1n) is 7.47. The minimum atomic E-state index is -0.0813. The number of hydrogen-bond donors (Lipinski definition) is 1. The zero-order chi connectivity index (χ0) is 16.6. The Bertz CT molecular complexity index is 764. The predicted octanol–water partition coefficient (Wildman–Crippen LogP) is 1.25. The van der Waals surface area contributed by atoms with Gasteiger partial charge in [0.2, 0.25) is 5.91 Å². The normalized spacial score (nSPS) is 13.8. The van der Waals surface area contributed by atoms with Crippen LogP contribution in [0.5, 0.6) is 0 Å². The van der Waals surface area contributed by atoms with Crippen LogP contribution in [0, 0.1) is 13.8 Å². The average Bonchev–Trinajstić information content (AvgIpc) is 3.06. The topological polar surface area (TPSA) is 80.1 Å². The molecule has 2 aromatic rings. The van der Waals surface area contributed by atoms with Gasteiger partial charge in [0.15, 0.2) is 0 Å². The fourth-order valence-electron chi connectivity index (χ4n) is 2.68. The van der Waals surface area contributed by atoms with Crippen molar-refractivity contribution in [2.45, 2.75) is 40.4 Å². The van der Waals surface area contributed by atoms with Gasteiger partial charge in [-0.15, -0.1) is 11.3 Å². The van der Waals surface area contributed by atoms with Gasteiger partial charge in [-0.05, 0) is 19.9 Å². The largest absolute Gasteiger partial charge is 0.351 e. The molecule has 8 heteroatoms. The van der Waals surface area contributed by atoms with E-state index >= 15 is 0 Å². The van der Waals surface area contributed by atoms with Crippen molar-refractivity contribution in [1.29, 1.82) is 0 Å². The molecule has 0 bridgehead atoms. The Morgan fingerprint density at radius 1 is 1.35 bits per heavy atom. The van der Waals surface area contributed by atoms with Crippen LogP contribution in [0.2, 0.25) is 0 Å². The van der Waals surface area contributed by atoms with Gasteiger partial charge in [-0.1, -0.05) is 0 Å². The zero-order valence-corrected chi connectivity index (χ0v) is 14.2. The Kier molecular flexibility index (Phi) is 4.16. The van der Waals surface area contributed by atoms with Crippen molar-refractivity contribution in [1.82, 2.24) is 25.0 Å². The summed E-state index contributed by atoms with van der Waals surface area (Å²) >= 11 is 1.54. The Labute approximate surface area is 138 Å². The van der Waals surface area contributed by atoms with Crippen molar-refractivity contribution in [3.8, 4) is 0 Å². The van der Waals surface area contributed by atoms with Crippen molar-refractivity contribution in [3.05, 3.63) is 33.0 Å². The summed E-state index contributed by atoms with van der Waals surface area (Å²) in [6.07, 6.45) is 0. The van der Waals surface area contributed by atoms with E-state index in [-0.39, 0.29) is 11.8 Å². The van der Waals surface area contributed by atoms with Crippen LogP contribution in [0.3, 0.4) is 0 Å². The predicted molar refractivity (Wildman–Crippen MR) is 86.1 cm³/mol. The summed E-state index contributed by atoms with van der Waals surface area (Å²) in [6, 6.07) is 1.94. The molecule has 0 aliphatic carbocycles. The van der Waals surface area contributed by atoms with E-state index in [1.807, 2.05) is 24.6 Å². The standard InChI is InChI=1S/C15H19N5O2S/c1-9-14(17-11(3)23-9)15(22)19-4-5-20-13(8-19)6-12(18-20)7-16-10(2)21/h6H,4-5,7-8H2,1-3H3,(H,16,21). The quantitative estimate of drug-likeness (QED) is 0.917. The molecule has 1 aliphatic rings. The van der Waals surface area contributed by atoms with Crippen LogP contribution in [0.1, 0.15) is 38.7 Å². The number of carbonyl (C=O) groups excluding carboxylic acids is 2. The van der Waals surface area contributed by atoms with Crippen molar-refractivity contribution >= 4 is 23.2 Å². The van der Waals surface area contributed by atoms with E-state index in [0.717, 1.165) is 21.3 Å². The molecule has 0 radical (unpaired) electrons. The van der Waals surface area contributed by atoms with E-state index in [1.54, 1.807) is 16.2 Å². The number of carbonyl (C=O) groups is 2. The maximum Gasteiger partial charge on any atom is 0.274 e. The molecule has 0 fully saturated rings. The highest BCUT2D eigenvalue weighted by Gasteiger charge is 2.26. The molecular formula is C15H19N5O2S. The molecule has 3 rings (SSSR count). The Morgan fingerprint density at radius 2 is 2.13 bits per heavy atom. The van der Waals surface area contributed by atoms with Crippen molar-refractivity contribution < 1.29 is 9.59 Å². The van der Waals surface area contributed by atoms with Gasteiger partial charge in [-0.3, -0.25) is 14.3 Å². The van der Waals surface area contributed by atoms with Crippen molar-refractivity contribution in [3.63, 3.8) is 0 Å². The molecule has 7 nitrogen and oxygen atoms in total. The third-order valence-corrected chi connectivity index (χ3v) is 4.65. The van der Waals surface area contributed by atoms with E-state index in [0.29, 0.717) is 31.9 Å². The number of aryl methyl sites for hydroxylation is 2. The highest BCUT2D eigenvalue weighted by molar-refractivity contribution is 7.11. The third kappa shape index (κ3) is 3.26.